The van der Waals surface area contributed by atoms with Crippen LogP contribution in [0.5, 0.6) is 5.75 Å². The summed E-state index contributed by atoms with van der Waals surface area (Å²) in [7, 11) is 4.78. The molecule has 150 valence electrons. The molecule has 0 heterocycles. The summed E-state index contributed by atoms with van der Waals surface area (Å²) in [5, 5.41) is 0. The van der Waals surface area contributed by atoms with Gasteiger partial charge in [-0.25, -0.2) is 4.79 Å². The fourth-order valence-electron chi connectivity index (χ4n) is 5.62. The van der Waals surface area contributed by atoms with Crippen LogP contribution >= 0.6 is 0 Å². The number of carbonyl (C=O) groups is 1. The van der Waals surface area contributed by atoms with E-state index in [2.05, 4.69) is 24.3 Å². The van der Waals surface area contributed by atoms with Crippen molar-refractivity contribution in [1.29, 1.82) is 0 Å². The Hall–Kier alpha value is -2.23. The summed E-state index contributed by atoms with van der Waals surface area (Å²) >= 11 is 0. The lowest BCUT2D eigenvalue weighted by atomic mass is 9.59. The summed E-state index contributed by atoms with van der Waals surface area (Å²) in [5.41, 5.74) is 3.22. The van der Waals surface area contributed by atoms with Crippen molar-refractivity contribution < 1.29 is 19.0 Å². The number of hydrogen-bond acceptors (Lipinski definition) is 4. The number of allylic oxidation sites excluding steroid dienone is 3. The van der Waals surface area contributed by atoms with Crippen LogP contribution in [0.1, 0.15) is 59.5 Å². The smallest absolute Gasteiger partial charge is 0.341 e. The highest BCUT2D eigenvalue weighted by Crippen LogP contribution is 2.52. The van der Waals surface area contributed by atoms with Gasteiger partial charge in [-0.1, -0.05) is 18.9 Å². The predicted molar refractivity (Wildman–Crippen MR) is 109 cm³/mol. The van der Waals surface area contributed by atoms with Crippen LogP contribution in [0.2, 0.25) is 0 Å². The molecule has 0 spiro atoms. The average molecular weight is 383 g/mol. The van der Waals surface area contributed by atoms with Crippen LogP contribution in [0.25, 0.3) is 0 Å². The topological polar surface area (TPSA) is 44.8 Å². The molecule has 0 N–H and O–H groups in total. The Kier molecular flexibility index (Phi) is 5.47. The minimum absolute atomic E-state index is 0.327. The van der Waals surface area contributed by atoms with E-state index in [9.17, 15) is 4.79 Å². The van der Waals surface area contributed by atoms with E-state index in [1.54, 1.807) is 14.2 Å². The van der Waals surface area contributed by atoms with Gasteiger partial charge in [0.25, 0.3) is 0 Å². The molecule has 1 aromatic carbocycles. The minimum Gasteiger partial charge on any atom is -0.497 e. The number of ether oxygens (including phenoxy) is 3. The second kappa shape index (κ2) is 8.02. The van der Waals surface area contributed by atoms with Gasteiger partial charge in [0.1, 0.15) is 17.1 Å². The maximum absolute atomic E-state index is 12.3. The molecule has 3 aliphatic rings. The van der Waals surface area contributed by atoms with Crippen LogP contribution < -0.4 is 4.74 Å². The number of hydrogen-bond donors (Lipinski definition) is 0. The number of fused-ring (bicyclic) bond motifs is 3. The molecule has 0 amide bonds. The fraction of sp³-hybridized carbons (Fsp3) is 0.542. The maximum atomic E-state index is 12.3. The Morgan fingerprint density at radius 3 is 2.54 bits per heavy atom. The number of rotatable bonds is 4. The molecule has 0 saturated heterocycles. The van der Waals surface area contributed by atoms with Gasteiger partial charge in [-0.15, -0.1) is 0 Å². The van der Waals surface area contributed by atoms with Crippen molar-refractivity contribution in [1.82, 2.24) is 0 Å². The van der Waals surface area contributed by atoms with Crippen molar-refractivity contribution in [2.75, 3.05) is 21.3 Å². The molecule has 0 aromatic heterocycles. The zero-order chi connectivity index (χ0) is 19.7. The zero-order valence-corrected chi connectivity index (χ0v) is 17.1. The lowest BCUT2D eigenvalue weighted by molar-refractivity contribution is 0.0596. The Morgan fingerprint density at radius 1 is 1.04 bits per heavy atom. The Balaban J connectivity index is 1.71. The van der Waals surface area contributed by atoms with Crippen molar-refractivity contribution in [2.45, 2.75) is 44.4 Å². The second-order valence-corrected chi connectivity index (χ2v) is 8.23. The van der Waals surface area contributed by atoms with Gasteiger partial charge in [0, 0.05) is 0 Å². The van der Waals surface area contributed by atoms with Crippen LogP contribution in [-0.4, -0.2) is 27.3 Å². The van der Waals surface area contributed by atoms with Crippen molar-refractivity contribution in [3.63, 3.8) is 0 Å². The Morgan fingerprint density at radius 2 is 1.86 bits per heavy atom. The van der Waals surface area contributed by atoms with Crippen LogP contribution in [0.15, 0.2) is 36.1 Å². The van der Waals surface area contributed by atoms with Gasteiger partial charge in [-0.2, -0.15) is 0 Å². The van der Waals surface area contributed by atoms with Gasteiger partial charge in [0.05, 0.1) is 21.3 Å². The summed E-state index contributed by atoms with van der Waals surface area (Å²) in [4.78, 5) is 12.3. The van der Waals surface area contributed by atoms with Crippen molar-refractivity contribution in [3.05, 3.63) is 52.8 Å². The standard InChI is InChI=1S/C24H30O4/c1-26-17-10-8-15(9-11-17)20-12-16-13-22(24(25)28-3)23(27-2)14-21(16)19-7-5-4-6-18(19)20/h8,10-11,13-15,18-20H,4-7,9,12H2,1-3H3/t15?,18-,19+,20-/m0/s1. The van der Waals surface area contributed by atoms with Gasteiger partial charge < -0.3 is 14.2 Å². The largest absolute Gasteiger partial charge is 0.497 e. The highest BCUT2D eigenvalue weighted by molar-refractivity contribution is 5.93. The minimum atomic E-state index is -0.327. The SMILES string of the molecule is COC(=O)c1cc2c(cc1OC)[C@@H]1CCCC[C@@H]1[C@H](C1C=CC(OC)=CC1)C2. The van der Waals surface area contributed by atoms with Gasteiger partial charge >= 0.3 is 5.97 Å². The molecule has 1 aromatic rings. The molecule has 0 radical (unpaired) electrons. The first-order chi connectivity index (χ1) is 13.7. The molecule has 4 atom stereocenters. The third kappa shape index (κ3) is 3.34. The van der Waals surface area contributed by atoms with Crippen molar-refractivity contribution in [3.8, 4) is 5.75 Å². The van der Waals surface area contributed by atoms with E-state index in [1.165, 1.54) is 43.9 Å². The second-order valence-electron chi connectivity index (χ2n) is 8.23. The normalized spacial score (nSPS) is 28.6. The van der Waals surface area contributed by atoms with Crippen LogP contribution in [0.3, 0.4) is 0 Å². The van der Waals surface area contributed by atoms with E-state index < -0.39 is 0 Å². The Labute approximate surface area is 167 Å². The summed E-state index contributed by atoms with van der Waals surface area (Å²) < 4.78 is 15.9. The molecule has 1 unspecified atom stereocenters. The summed E-state index contributed by atoms with van der Waals surface area (Å²) in [6.45, 7) is 0. The molecule has 28 heavy (non-hydrogen) atoms. The molecular formula is C24H30O4. The quantitative estimate of drug-likeness (QED) is 0.685. The number of carbonyl (C=O) groups excluding carboxylic acids is 1. The molecular weight excluding hydrogens is 352 g/mol. The molecule has 4 rings (SSSR count). The van der Waals surface area contributed by atoms with Gasteiger partial charge in [-0.05, 0) is 84.8 Å². The van der Waals surface area contributed by atoms with E-state index in [0.29, 0.717) is 35.0 Å². The highest BCUT2D eigenvalue weighted by Gasteiger charge is 2.41. The predicted octanol–water partition coefficient (Wildman–Crippen LogP) is 5.03. The van der Waals surface area contributed by atoms with E-state index in [1.807, 2.05) is 6.07 Å². The number of esters is 1. The summed E-state index contributed by atoms with van der Waals surface area (Å²) in [5.74, 6) is 3.66. The van der Waals surface area contributed by atoms with Crippen LogP contribution in [-0.2, 0) is 15.9 Å². The maximum Gasteiger partial charge on any atom is 0.341 e. The van der Waals surface area contributed by atoms with E-state index in [4.69, 9.17) is 14.2 Å². The van der Waals surface area contributed by atoms with Crippen LogP contribution in [0.4, 0.5) is 0 Å². The first-order valence-electron chi connectivity index (χ1n) is 10.4. The average Bonchev–Trinajstić information content (AvgIpc) is 2.77. The highest BCUT2D eigenvalue weighted by atomic mass is 16.5. The molecule has 3 aliphatic carbocycles. The zero-order valence-electron chi connectivity index (χ0n) is 17.1. The molecule has 0 bridgehead atoms. The van der Waals surface area contributed by atoms with Crippen molar-refractivity contribution in [2.24, 2.45) is 17.8 Å². The number of methoxy groups -OCH3 is 3. The molecule has 4 heteroatoms. The van der Waals surface area contributed by atoms with Gasteiger partial charge in [-0.3, -0.25) is 0 Å². The lowest BCUT2D eigenvalue weighted by Crippen LogP contribution is -2.36. The molecule has 1 fully saturated rings. The Bertz CT molecular complexity index is 807. The van der Waals surface area contributed by atoms with Gasteiger partial charge in [0.2, 0.25) is 0 Å². The molecule has 4 nitrogen and oxygen atoms in total. The monoisotopic (exact) mass is 382 g/mol. The van der Waals surface area contributed by atoms with Gasteiger partial charge in [0.15, 0.2) is 0 Å². The summed E-state index contributed by atoms with van der Waals surface area (Å²) in [6, 6.07) is 4.14. The molecule has 0 aliphatic heterocycles. The van der Waals surface area contributed by atoms with E-state index in [-0.39, 0.29) is 5.97 Å². The first kappa shape index (κ1) is 19.1. The van der Waals surface area contributed by atoms with E-state index in [0.717, 1.165) is 18.6 Å². The first-order valence-corrected chi connectivity index (χ1v) is 10.4. The van der Waals surface area contributed by atoms with E-state index >= 15 is 0 Å². The third-order valence-electron chi connectivity index (χ3n) is 6.98. The van der Waals surface area contributed by atoms with Crippen LogP contribution in [0, 0.1) is 17.8 Å². The number of benzene rings is 1. The van der Waals surface area contributed by atoms with Crippen molar-refractivity contribution >= 4 is 5.97 Å². The molecule has 1 saturated carbocycles. The fourth-order valence-corrected chi connectivity index (χ4v) is 5.62. The third-order valence-corrected chi connectivity index (χ3v) is 6.98. The summed E-state index contributed by atoms with van der Waals surface area (Å²) in [6.07, 6.45) is 13.8. The lowest BCUT2D eigenvalue weighted by Gasteiger charge is -2.45.